The summed E-state index contributed by atoms with van der Waals surface area (Å²) in [5, 5.41) is 1.27. The summed E-state index contributed by atoms with van der Waals surface area (Å²) < 4.78 is 17.8. The molecule has 6 nitrogen and oxygen atoms in total. The van der Waals surface area contributed by atoms with Gasteiger partial charge in [-0.2, -0.15) is 0 Å². The maximum atomic E-state index is 13.5. The third-order valence-electron chi connectivity index (χ3n) is 5.98. The minimum atomic E-state index is -0.110. The van der Waals surface area contributed by atoms with Gasteiger partial charge in [0.05, 0.1) is 30.4 Å². The Morgan fingerprint density at radius 3 is 2.50 bits per heavy atom. The van der Waals surface area contributed by atoms with Crippen molar-refractivity contribution in [3.63, 3.8) is 0 Å². The van der Waals surface area contributed by atoms with Crippen LogP contribution in [0.15, 0.2) is 89.3 Å². The first kappa shape index (κ1) is 29.5. The first-order valence-electron chi connectivity index (χ1n) is 13.2. The van der Waals surface area contributed by atoms with Gasteiger partial charge >= 0.3 is 0 Å². The van der Waals surface area contributed by atoms with E-state index in [1.807, 2.05) is 92.7 Å². The number of hydrogen-bond acceptors (Lipinski definition) is 6. The molecule has 208 valence electrons. The van der Waals surface area contributed by atoms with Gasteiger partial charge in [0.1, 0.15) is 6.61 Å². The second kappa shape index (κ2) is 14.7. The van der Waals surface area contributed by atoms with Crippen molar-refractivity contribution in [2.24, 2.45) is 4.99 Å². The quantitative estimate of drug-likeness (QED) is 0.119. The normalized spacial score (nSPS) is 15.2. The third-order valence-corrected chi connectivity index (χ3v) is 7.35. The van der Waals surface area contributed by atoms with E-state index >= 15 is 0 Å². The molecule has 0 saturated carbocycles. The van der Waals surface area contributed by atoms with Crippen molar-refractivity contribution in [1.29, 1.82) is 0 Å². The number of nitrogens with zero attached hydrogens (tertiary/aromatic N) is 2. The van der Waals surface area contributed by atoms with Gasteiger partial charge in [-0.1, -0.05) is 54.1 Å². The van der Waals surface area contributed by atoms with Crippen LogP contribution in [0.3, 0.4) is 0 Å². The summed E-state index contributed by atoms with van der Waals surface area (Å²) in [5.74, 6) is 1.13. The molecule has 0 aliphatic carbocycles. The molecule has 40 heavy (non-hydrogen) atoms. The number of thioether (sulfide) groups is 1. The molecule has 1 aliphatic heterocycles. The van der Waals surface area contributed by atoms with Crippen molar-refractivity contribution >= 4 is 46.2 Å². The van der Waals surface area contributed by atoms with Crippen LogP contribution < -0.4 is 9.47 Å². The molecule has 0 atom stereocenters. The van der Waals surface area contributed by atoms with E-state index in [4.69, 9.17) is 30.8 Å². The second-order valence-electron chi connectivity index (χ2n) is 8.81. The molecule has 1 fully saturated rings. The summed E-state index contributed by atoms with van der Waals surface area (Å²) in [6, 6.07) is 21.1. The molecule has 1 saturated heterocycles. The van der Waals surface area contributed by atoms with Crippen LogP contribution in [0.25, 0.3) is 6.08 Å². The highest BCUT2D eigenvalue weighted by atomic mass is 35.5. The Labute approximate surface area is 245 Å². The Bertz CT molecular complexity index is 1390. The average Bonchev–Trinajstić information content (AvgIpc) is 3.23. The van der Waals surface area contributed by atoms with E-state index in [9.17, 15) is 4.79 Å². The summed E-state index contributed by atoms with van der Waals surface area (Å²) in [7, 11) is 0. The molecule has 3 aromatic rings. The van der Waals surface area contributed by atoms with Gasteiger partial charge in [-0.05, 0) is 74.0 Å². The van der Waals surface area contributed by atoms with E-state index in [1.54, 1.807) is 4.90 Å². The Morgan fingerprint density at radius 1 is 1.00 bits per heavy atom. The Balaban J connectivity index is 1.67. The van der Waals surface area contributed by atoms with Crippen molar-refractivity contribution in [2.75, 3.05) is 26.4 Å². The number of carbonyl (C=O) groups is 1. The van der Waals surface area contributed by atoms with E-state index in [0.717, 1.165) is 22.4 Å². The molecule has 4 rings (SSSR count). The molecule has 1 heterocycles. The van der Waals surface area contributed by atoms with Gasteiger partial charge in [0.2, 0.25) is 0 Å². The van der Waals surface area contributed by atoms with E-state index in [-0.39, 0.29) is 5.91 Å². The minimum Gasteiger partial charge on any atom is -0.490 e. The van der Waals surface area contributed by atoms with Gasteiger partial charge in [0.25, 0.3) is 5.91 Å². The van der Waals surface area contributed by atoms with Crippen LogP contribution in [0.1, 0.15) is 30.5 Å². The molecular formula is C32H33ClN2O4S. The van der Waals surface area contributed by atoms with E-state index in [2.05, 4.69) is 6.58 Å². The number of aliphatic imine (C=N–C) groups is 1. The summed E-state index contributed by atoms with van der Waals surface area (Å²) in [4.78, 5) is 20.5. The molecule has 1 amide bonds. The number of para-hydroxylation sites is 1. The molecule has 0 N–H and O–H groups in total. The van der Waals surface area contributed by atoms with E-state index in [0.29, 0.717) is 66.0 Å². The molecule has 8 heteroatoms. The van der Waals surface area contributed by atoms with Crippen LogP contribution in [-0.4, -0.2) is 42.3 Å². The monoisotopic (exact) mass is 576 g/mol. The Hall–Kier alpha value is -3.52. The van der Waals surface area contributed by atoms with Crippen molar-refractivity contribution in [3.8, 4) is 11.5 Å². The predicted octanol–water partition coefficient (Wildman–Crippen LogP) is 7.69. The standard InChI is InChI=1S/C32H33ClN2O4S/c1-4-12-24-19-23(20-28(38-6-3)30(24)39-22-25-13-10-11-16-27(25)33)21-29-31(36)35(17-18-37-5-2)32(40-29)34-26-14-8-7-9-15-26/h4,7-11,13-16,19-21H,1,5-6,12,17-18,22H2,2-3H3/b29-21-,34-32?. The van der Waals surface area contributed by atoms with Crippen molar-refractivity contribution in [1.82, 2.24) is 4.90 Å². The first-order chi connectivity index (χ1) is 19.5. The number of allylic oxidation sites excluding steroid dienone is 1. The fraction of sp³-hybridized carbons (Fsp3) is 0.250. The van der Waals surface area contributed by atoms with Crippen molar-refractivity contribution < 1.29 is 19.0 Å². The third kappa shape index (κ3) is 7.56. The maximum Gasteiger partial charge on any atom is 0.266 e. The Kier molecular flexibility index (Phi) is 10.9. The van der Waals surface area contributed by atoms with Crippen LogP contribution in [0.2, 0.25) is 5.02 Å². The van der Waals surface area contributed by atoms with Crippen LogP contribution >= 0.6 is 23.4 Å². The SMILES string of the molecule is C=CCc1cc(/C=C2\SC(=Nc3ccccc3)N(CCOCC)C2=O)cc(OCC)c1OCc1ccccc1Cl. The van der Waals surface area contributed by atoms with Crippen molar-refractivity contribution in [3.05, 3.63) is 106 Å². The fourth-order valence-corrected chi connectivity index (χ4v) is 5.33. The van der Waals surface area contributed by atoms with Gasteiger partial charge in [-0.15, -0.1) is 6.58 Å². The zero-order valence-corrected chi connectivity index (χ0v) is 24.3. The summed E-state index contributed by atoms with van der Waals surface area (Å²) in [6.07, 6.45) is 4.26. The fourth-order valence-electron chi connectivity index (χ4n) is 4.12. The molecule has 0 aromatic heterocycles. The van der Waals surface area contributed by atoms with Gasteiger partial charge in [0.15, 0.2) is 16.7 Å². The molecule has 0 unspecified atom stereocenters. The highest BCUT2D eigenvalue weighted by molar-refractivity contribution is 8.18. The molecular weight excluding hydrogens is 544 g/mol. The van der Waals surface area contributed by atoms with Crippen LogP contribution in [-0.2, 0) is 22.6 Å². The second-order valence-corrected chi connectivity index (χ2v) is 10.2. The number of ether oxygens (including phenoxy) is 3. The topological polar surface area (TPSA) is 60.4 Å². The van der Waals surface area contributed by atoms with Crippen molar-refractivity contribution in [2.45, 2.75) is 26.9 Å². The zero-order valence-electron chi connectivity index (χ0n) is 22.8. The average molecular weight is 577 g/mol. The van der Waals surface area contributed by atoms with Crippen LogP contribution in [0.5, 0.6) is 11.5 Å². The summed E-state index contributed by atoms with van der Waals surface area (Å²) >= 11 is 7.70. The number of carbonyl (C=O) groups excluding carboxylic acids is 1. The number of amides is 1. The van der Waals surface area contributed by atoms with E-state index < -0.39 is 0 Å². The maximum absolute atomic E-state index is 13.5. The first-order valence-corrected chi connectivity index (χ1v) is 14.4. The number of halogens is 1. The zero-order chi connectivity index (χ0) is 28.3. The predicted molar refractivity (Wildman–Crippen MR) is 165 cm³/mol. The van der Waals surface area contributed by atoms with E-state index in [1.165, 1.54) is 11.8 Å². The lowest BCUT2D eigenvalue weighted by Crippen LogP contribution is -2.32. The number of benzene rings is 3. The lowest BCUT2D eigenvalue weighted by Gasteiger charge is -2.17. The summed E-state index contributed by atoms with van der Waals surface area (Å²) in [6.45, 7) is 9.97. The highest BCUT2D eigenvalue weighted by Gasteiger charge is 2.33. The van der Waals surface area contributed by atoms with Gasteiger partial charge in [0, 0.05) is 22.8 Å². The number of hydrogen-bond donors (Lipinski definition) is 0. The van der Waals surface area contributed by atoms with Gasteiger partial charge < -0.3 is 14.2 Å². The molecule has 0 bridgehead atoms. The highest BCUT2D eigenvalue weighted by Crippen LogP contribution is 2.38. The molecule has 0 radical (unpaired) electrons. The minimum absolute atomic E-state index is 0.110. The molecule has 0 spiro atoms. The van der Waals surface area contributed by atoms with Gasteiger partial charge in [-0.3, -0.25) is 9.69 Å². The lowest BCUT2D eigenvalue weighted by molar-refractivity contribution is -0.122. The lowest BCUT2D eigenvalue weighted by atomic mass is 10.0. The smallest absolute Gasteiger partial charge is 0.266 e. The molecule has 1 aliphatic rings. The number of rotatable bonds is 13. The van der Waals surface area contributed by atoms with Crippen LogP contribution in [0, 0.1) is 0 Å². The van der Waals surface area contributed by atoms with Crippen LogP contribution in [0.4, 0.5) is 5.69 Å². The number of amidine groups is 1. The molecule has 3 aromatic carbocycles. The largest absolute Gasteiger partial charge is 0.490 e. The Morgan fingerprint density at radius 2 is 1.77 bits per heavy atom. The van der Waals surface area contributed by atoms with Gasteiger partial charge in [-0.25, -0.2) is 4.99 Å². The summed E-state index contributed by atoms with van der Waals surface area (Å²) in [5.41, 5.74) is 3.40.